The molecule has 0 fully saturated rings. The molecule has 1 aromatic carbocycles. The summed E-state index contributed by atoms with van der Waals surface area (Å²) in [5.74, 6) is -1.69. The van der Waals surface area contributed by atoms with Crippen LogP contribution in [0, 0.1) is 10.1 Å². The van der Waals surface area contributed by atoms with Gasteiger partial charge >= 0.3 is 5.97 Å². The van der Waals surface area contributed by atoms with Gasteiger partial charge in [-0.05, 0) is 31.4 Å². The molecule has 2 N–H and O–H groups in total. The SMILES string of the molecule is CCN(CC(=O)O)C(=O)C(CCSC)NC(=O)c1cccc([N+](=O)[O-])c1. The fourth-order valence-corrected chi connectivity index (χ4v) is 2.70. The van der Waals surface area contributed by atoms with Crippen LogP contribution in [0.15, 0.2) is 24.3 Å². The van der Waals surface area contributed by atoms with Gasteiger partial charge in [-0.25, -0.2) is 0 Å². The van der Waals surface area contributed by atoms with Crippen molar-refractivity contribution >= 4 is 35.2 Å². The highest BCUT2D eigenvalue weighted by atomic mass is 32.2. The van der Waals surface area contributed by atoms with Crippen molar-refractivity contribution in [3.05, 3.63) is 39.9 Å². The Morgan fingerprint density at radius 1 is 1.38 bits per heavy atom. The third-order valence-electron chi connectivity index (χ3n) is 3.55. The Bertz CT molecular complexity index is 682. The number of hydrogen-bond donors (Lipinski definition) is 2. The summed E-state index contributed by atoms with van der Waals surface area (Å²) >= 11 is 1.48. The Hall–Kier alpha value is -2.62. The number of likely N-dealkylation sites (N-methyl/N-ethyl adjacent to an activating group) is 1. The quantitative estimate of drug-likeness (QED) is 0.461. The molecule has 1 aromatic rings. The van der Waals surface area contributed by atoms with Gasteiger partial charge in [0, 0.05) is 24.2 Å². The van der Waals surface area contributed by atoms with Gasteiger partial charge in [-0.1, -0.05) is 6.07 Å². The number of nitro groups is 1. The first kappa shape index (κ1) is 21.4. The van der Waals surface area contributed by atoms with Gasteiger partial charge in [-0.15, -0.1) is 0 Å². The second kappa shape index (κ2) is 10.4. The lowest BCUT2D eigenvalue weighted by Crippen LogP contribution is -2.50. The molecule has 0 radical (unpaired) electrons. The number of rotatable bonds is 10. The Balaban J connectivity index is 2.97. The van der Waals surface area contributed by atoms with E-state index in [2.05, 4.69) is 5.32 Å². The van der Waals surface area contributed by atoms with Crippen molar-refractivity contribution in [2.24, 2.45) is 0 Å². The summed E-state index contributed by atoms with van der Waals surface area (Å²) in [5, 5.41) is 22.3. The number of carboxylic acids is 1. The summed E-state index contributed by atoms with van der Waals surface area (Å²) in [6.07, 6.45) is 2.16. The van der Waals surface area contributed by atoms with Crippen LogP contribution in [0.3, 0.4) is 0 Å². The molecule has 0 spiro atoms. The van der Waals surface area contributed by atoms with Crippen molar-refractivity contribution in [2.75, 3.05) is 25.1 Å². The molecule has 0 aliphatic carbocycles. The highest BCUT2D eigenvalue weighted by Crippen LogP contribution is 2.14. The number of hydrogen-bond acceptors (Lipinski definition) is 6. The highest BCUT2D eigenvalue weighted by Gasteiger charge is 2.27. The summed E-state index contributed by atoms with van der Waals surface area (Å²) in [7, 11) is 0. The largest absolute Gasteiger partial charge is 0.480 e. The first-order valence-corrected chi connectivity index (χ1v) is 9.24. The predicted molar refractivity (Wildman–Crippen MR) is 97.2 cm³/mol. The number of nitrogens with zero attached hydrogens (tertiary/aromatic N) is 2. The molecule has 2 amide bonds. The number of carbonyl (C=O) groups excluding carboxylic acids is 2. The average molecular weight is 383 g/mol. The second-order valence-corrected chi connectivity index (χ2v) is 6.35. The molecule has 0 bridgehead atoms. The predicted octanol–water partition coefficient (Wildman–Crippen LogP) is 1.38. The maximum absolute atomic E-state index is 12.6. The van der Waals surface area contributed by atoms with E-state index in [4.69, 9.17) is 5.11 Å². The van der Waals surface area contributed by atoms with Gasteiger partial charge < -0.3 is 15.3 Å². The number of carboxylic acid groups (broad SMARTS) is 1. The number of amides is 2. The van der Waals surface area contributed by atoms with Crippen molar-refractivity contribution in [2.45, 2.75) is 19.4 Å². The van der Waals surface area contributed by atoms with E-state index < -0.39 is 35.3 Å². The van der Waals surface area contributed by atoms with E-state index in [0.717, 1.165) is 11.0 Å². The van der Waals surface area contributed by atoms with E-state index in [9.17, 15) is 24.5 Å². The molecular weight excluding hydrogens is 362 g/mol. The molecule has 0 heterocycles. The van der Waals surface area contributed by atoms with E-state index >= 15 is 0 Å². The average Bonchev–Trinajstić information content (AvgIpc) is 2.62. The smallest absolute Gasteiger partial charge is 0.323 e. The summed E-state index contributed by atoms with van der Waals surface area (Å²) in [6.45, 7) is 1.38. The second-order valence-electron chi connectivity index (χ2n) is 5.36. The minimum Gasteiger partial charge on any atom is -0.480 e. The number of carbonyl (C=O) groups is 3. The zero-order valence-corrected chi connectivity index (χ0v) is 15.3. The fourth-order valence-electron chi connectivity index (χ4n) is 2.22. The number of non-ortho nitro benzene ring substituents is 1. The molecule has 0 aliphatic heterocycles. The van der Waals surface area contributed by atoms with Crippen molar-refractivity contribution < 1.29 is 24.4 Å². The van der Waals surface area contributed by atoms with Crippen molar-refractivity contribution in [3.8, 4) is 0 Å². The molecule has 9 nitrogen and oxygen atoms in total. The van der Waals surface area contributed by atoms with Gasteiger partial charge in [0.25, 0.3) is 11.6 Å². The summed E-state index contributed by atoms with van der Waals surface area (Å²) in [5.41, 5.74) is -0.173. The lowest BCUT2D eigenvalue weighted by atomic mass is 10.1. The summed E-state index contributed by atoms with van der Waals surface area (Å²) in [4.78, 5) is 47.3. The fraction of sp³-hybridized carbons (Fsp3) is 0.438. The maximum Gasteiger partial charge on any atom is 0.323 e. The number of nitro benzene ring substituents is 1. The Kier molecular flexibility index (Phi) is 8.56. The van der Waals surface area contributed by atoms with E-state index in [1.165, 1.54) is 30.0 Å². The van der Waals surface area contributed by atoms with Crippen molar-refractivity contribution in [1.29, 1.82) is 0 Å². The number of thioether (sulfide) groups is 1. The lowest BCUT2D eigenvalue weighted by molar-refractivity contribution is -0.384. The molecule has 0 aliphatic rings. The number of benzene rings is 1. The minimum atomic E-state index is -1.14. The minimum absolute atomic E-state index is 0.0578. The third-order valence-corrected chi connectivity index (χ3v) is 4.20. The van der Waals surface area contributed by atoms with Gasteiger partial charge in [0.05, 0.1) is 4.92 Å². The van der Waals surface area contributed by atoms with Crippen LogP contribution in [0.25, 0.3) is 0 Å². The van der Waals surface area contributed by atoms with Crippen LogP contribution >= 0.6 is 11.8 Å². The van der Waals surface area contributed by atoms with E-state index in [1.807, 2.05) is 6.26 Å². The molecular formula is C16H21N3O6S. The Morgan fingerprint density at radius 3 is 2.62 bits per heavy atom. The van der Waals surface area contributed by atoms with E-state index in [-0.39, 0.29) is 17.8 Å². The van der Waals surface area contributed by atoms with Crippen LogP contribution in [0.1, 0.15) is 23.7 Å². The lowest BCUT2D eigenvalue weighted by Gasteiger charge is -2.25. The van der Waals surface area contributed by atoms with Gasteiger partial charge in [-0.3, -0.25) is 24.5 Å². The molecule has 0 saturated carbocycles. The standard InChI is InChI=1S/C16H21N3O6S/c1-3-18(10-14(20)21)16(23)13(7-8-26-2)17-15(22)11-5-4-6-12(9-11)19(24)25/h4-6,9,13H,3,7-8,10H2,1-2H3,(H,17,22)(H,20,21). The molecule has 10 heteroatoms. The van der Waals surface area contributed by atoms with Crippen molar-refractivity contribution in [3.63, 3.8) is 0 Å². The number of aliphatic carboxylic acids is 1. The highest BCUT2D eigenvalue weighted by molar-refractivity contribution is 7.98. The van der Waals surface area contributed by atoms with Crippen LogP contribution in [-0.4, -0.2) is 63.9 Å². The normalized spacial score (nSPS) is 11.5. The third kappa shape index (κ3) is 6.36. The molecule has 0 aromatic heterocycles. The van der Waals surface area contributed by atoms with Crippen LogP contribution in [0.4, 0.5) is 5.69 Å². The summed E-state index contributed by atoms with van der Waals surface area (Å²) < 4.78 is 0. The van der Waals surface area contributed by atoms with Gasteiger partial charge in [0.2, 0.25) is 5.91 Å². The van der Waals surface area contributed by atoms with Gasteiger partial charge in [0.15, 0.2) is 0 Å². The van der Waals surface area contributed by atoms with E-state index in [1.54, 1.807) is 6.92 Å². The van der Waals surface area contributed by atoms with Crippen LogP contribution in [0.5, 0.6) is 0 Å². The molecule has 26 heavy (non-hydrogen) atoms. The monoisotopic (exact) mass is 383 g/mol. The Morgan fingerprint density at radius 2 is 2.08 bits per heavy atom. The molecule has 1 atom stereocenters. The van der Waals surface area contributed by atoms with Crippen LogP contribution in [0.2, 0.25) is 0 Å². The maximum atomic E-state index is 12.6. The molecule has 142 valence electrons. The topological polar surface area (TPSA) is 130 Å². The molecule has 0 saturated heterocycles. The van der Waals surface area contributed by atoms with Gasteiger partial charge in [0.1, 0.15) is 12.6 Å². The molecule has 1 rings (SSSR count). The number of nitrogens with one attached hydrogen (secondary N) is 1. The zero-order chi connectivity index (χ0) is 19.7. The summed E-state index contributed by atoms with van der Waals surface area (Å²) in [6, 6.07) is 4.27. The first-order chi connectivity index (χ1) is 12.3. The van der Waals surface area contributed by atoms with Crippen LogP contribution < -0.4 is 5.32 Å². The van der Waals surface area contributed by atoms with Crippen LogP contribution in [-0.2, 0) is 9.59 Å². The first-order valence-electron chi connectivity index (χ1n) is 7.85. The zero-order valence-electron chi connectivity index (χ0n) is 14.5. The van der Waals surface area contributed by atoms with Gasteiger partial charge in [-0.2, -0.15) is 11.8 Å². The van der Waals surface area contributed by atoms with Crippen molar-refractivity contribution in [1.82, 2.24) is 10.2 Å². The molecule has 1 unspecified atom stereocenters. The van der Waals surface area contributed by atoms with E-state index in [0.29, 0.717) is 12.2 Å². The Labute approximate surface area is 154 Å².